The summed E-state index contributed by atoms with van der Waals surface area (Å²) in [6, 6.07) is 15.8. The molecule has 0 atom stereocenters. The molecule has 3 aromatic heterocycles. The Labute approximate surface area is 220 Å². The fourth-order valence-electron chi connectivity index (χ4n) is 3.87. The Morgan fingerprint density at radius 1 is 1.08 bits per heavy atom. The lowest BCUT2D eigenvalue weighted by molar-refractivity contribution is -0.432. The number of ether oxygens (including phenoxy) is 2. The highest BCUT2D eigenvalue weighted by Crippen LogP contribution is 2.41. The Balaban J connectivity index is 1.22. The molecule has 4 N–H and O–H groups in total. The average molecular weight is 510 g/mol. The normalized spacial score (nSPS) is 15.9. The van der Waals surface area contributed by atoms with E-state index in [2.05, 4.69) is 22.2 Å². The number of pyridine rings is 2. The van der Waals surface area contributed by atoms with E-state index in [1.807, 2.05) is 53.8 Å². The maximum atomic E-state index is 6.95. The van der Waals surface area contributed by atoms with Crippen LogP contribution in [0.4, 0.5) is 11.6 Å². The number of nitrogens with zero attached hydrogens (tertiary/aromatic N) is 5. The van der Waals surface area contributed by atoms with Crippen LogP contribution >= 0.6 is 0 Å². The van der Waals surface area contributed by atoms with Crippen molar-refractivity contribution in [1.29, 1.82) is 5.41 Å². The van der Waals surface area contributed by atoms with Gasteiger partial charge in [-0.25, -0.2) is 15.0 Å². The van der Waals surface area contributed by atoms with Crippen LogP contribution in [-0.2, 0) is 6.54 Å². The standard InChI is InChI=1S/C28H28N8O2/c1-28(12-13-28)38-26-25-23(10-9-22(34-25)19-4-11-24(31-15-19)37-21-7-8-21)35-27(36-26)32-14-18-2-5-20(6-3-18)33-17-30-16-29/h2-6,9-11,15-17,21H,7-8,12-14H2,1H3,(H2,29,30,33)(H,32,35,36)/p+1. The Morgan fingerprint density at radius 2 is 1.92 bits per heavy atom. The van der Waals surface area contributed by atoms with Crippen molar-refractivity contribution >= 4 is 35.3 Å². The fraction of sp³-hybridized carbons (Fsp3) is 0.286. The third kappa shape index (κ3) is 5.76. The molecule has 38 heavy (non-hydrogen) atoms. The van der Waals surface area contributed by atoms with Crippen molar-refractivity contribution < 1.29 is 14.8 Å². The number of nitrogens with one attached hydrogen (secondary N) is 2. The molecule has 0 aliphatic heterocycles. The largest absolute Gasteiger partial charge is 0.474 e. The van der Waals surface area contributed by atoms with Crippen LogP contribution in [0, 0.1) is 5.41 Å². The maximum Gasteiger partial charge on any atom is 0.246 e. The van der Waals surface area contributed by atoms with Gasteiger partial charge >= 0.3 is 0 Å². The number of anilines is 1. The number of aromatic nitrogens is 4. The zero-order valence-electron chi connectivity index (χ0n) is 21.1. The second-order valence-corrected chi connectivity index (χ2v) is 9.86. The molecular weight excluding hydrogens is 480 g/mol. The molecule has 1 aromatic carbocycles. The number of rotatable bonds is 11. The topological polar surface area (TPSA) is 135 Å². The van der Waals surface area contributed by atoms with Crippen LogP contribution in [0.2, 0.25) is 0 Å². The van der Waals surface area contributed by atoms with Crippen LogP contribution < -0.4 is 20.1 Å². The number of fused-ring (bicyclic) bond motifs is 1. The molecule has 0 unspecified atom stereocenters. The second-order valence-electron chi connectivity index (χ2n) is 9.86. The van der Waals surface area contributed by atoms with E-state index < -0.39 is 0 Å². The molecule has 0 radical (unpaired) electrons. The minimum atomic E-state index is -0.215. The van der Waals surface area contributed by atoms with Gasteiger partial charge in [0.2, 0.25) is 17.7 Å². The second kappa shape index (κ2) is 10.1. The summed E-state index contributed by atoms with van der Waals surface area (Å²) in [6.07, 6.45) is 8.88. The lowest BCUT2D eigenvalue weighted by Gasteiger charge is -2.15. The summed E-state index contributed by atoms with van der Waals surface area (Å²) in [4.78, 5) is 22.5. The summed E-state index contributed by atoms with van der Waals surface area (Å²) >= 11 is 0. The van der Waals surface area contributed by atoms with Gasteiger partial charge in [0, 0.05) is 24.4 Å². The van der Waals surface area contributed by atoms with Gasteiger partial charge in [0.15, 0.2) is 11.9 Å². The van der Waals surface area contributed by atoms with Crippen molar-refractivity contribution in [1.82, 2.24) is 19.9 Å². The van der Waals surface area contributed by atoms with Gasteiger partial charge in [0.25, 0.3) is 0 Å². The van der Waals surface area contributed by atoms with Gasteiger partial charge in [-0.1, -0.05) is 12.1 Å². The van der Waals surface area contributed by atoms with Gasteiger partial charge in [-0.2, -0.15) is 9.98 Å². The molecule has 0 saturated heterocycles. The molecule has 0 spiro atoms. The smallest absolute Gasteiger partial charge is 0.246 e. The van der Waals surface area contributed by atoms with Crippen LogP contribution in [-0.4, -0.2) is 44.3 Å². The number of aliphatic imine (C=N–C) groups is 1. The quantitative estimate of drug-likeness (QED) is 0.158. The molecule has 2 aliphatic carbocycles. The predicted octanol–water partition coefficient (Wildman–Crippen LogP) is 4.00. The number of nitrogens with two attached hydrogens (primary N) is 1. The van der Waals surface area contributed by atoms with E-state index in [4.69, 9.17) is 29.8 Å². The van der Waals surface area contributed by atoms with Gasteiger partial charge < -0.3 is 14.8 Å². The van der Waals surface area contributed by atoms with E-state index in [-0.39, 0.29) is 5.60 Å². The monoisotopic (exact) mass is 509 g/mol. The molecule has 2 fully saturated rings. The molecule has 0 bridgehead atoms. The van der Waals surface area contributed by atoms with Gasteiger partial charge in [-0.3, -0.25) is 10.7 Å². The number of hydrogen-bond donors (Lipinski definition) is 3. The van der Waals surface area contributed by atoms with Crippen LogP contribution in [0.25, 0.3) is 22.3 Å². The maximum absolute atomic E-state index is 6.95. The third-order valence-electron chi connectivity index (χ3n) is 6.51. The molecule has 0 amide bonds. The first-order chi connectivity index (χ1) is 18.6. The first-order valence-corrected chi connectivity index (χ1v) is 12.8. The van der Waals surface area contributed by atoms with Gasteiger partial charge in [-0.15, -0.1) is 0 Å². The zero-order chi connectivity index (χ0) is 26.0. The molecule has 6 rings (SSSR count). The highest BCUT2D eigenvalue weighted by Gasteiger charge is 2.41. The van der Waals surface area contributed by atoms with E-state index in [1.54, 1.807) is 12.5 Å². The number of hydrogen-bond acceptors (Lipinski definition) is 8. The average Bonchev–Trinajstić information content (AvgIpc) is 3.88. The molecule has 10 nitrogen and oxygen atoms in total. The highest BCUT2D eigenvalue weighted by atomic mass is 16.5. The summed E-state index contributed by atoms with van der Waals surface area (Å²) in [7, 11) is 0. The molecule has 10 heteroatoms. The lowest BCUT2D eigenvalue weighted by Crippen LogP contribution is -2.76. The summed E-state index contributed by atoms with van der Waals surface area (Å²) in [5, 5.41) is 12.1. The minimum absolute atomic E-state index is 0.215. The summed E-state index contributed by atoms with van der Waals surface area (Å²) in [5.74, 6) is 1.62. The van der Waals surface area contributed by atoms with Crippen molar-refractivity contribution in [2.45, 2.75) is 50.9 Å². The highest BCUT2D eigenvalue weighted by molar-refractivity contribution is 5.83. The van der Waals surface area contributed by atoms with E-state index in [1.165, 1.54) is 0 Å². The molecule has 3 heterocycles. The summed E-state index contributed by atoms with van der Waals surface area (Å²) in [6.45, 7) is 2.65. The summed E-state index contributed by atoms with van der Waals surface area (Å²) in [5.41, 5.74) is 4.89. The van der Waals surface area contributed by atoms with Gasteiger partial charge in [-0.05, 0) is 68.5 Å². The Kier molecular flexibility index (Phi) is 6.38. The first kappa shape index (κ1) is 23.9. The molecular formula is C28H29N8O2+. The van der Waals surface area contributed by atoms with Crippen LogP contribution in [0.1, 0.15) is 38.2 Å². The van der Waals surface area contributed by atoms with Crippen molar-refractivity contribution in [3.05, 3.63) is 60.3 Å². The first-order valence-electron chi connectivity index (χ1n) is 12.8. The van der Waals surface area contributed by atoms with Crippen molar-refractivity contribution in [2.75, 3.05) is 5.32 Å². The van der Waals surface area contributed by atoms with Crippen LogP contribution in [0.15, 0.2) is 59.7 Å². The van der Waals surface area contributed by atoms with Crippen LogP contribution in [0.5, 0.6) is 11.8 Å². The van der Waals surface area contributed by atoms with E-state index >= 15 is 0 Å². The summed E-state index contributed by atoms with van der Waals surface area (Å²) < 4.78 is 12.1. The predicted molar refractivity (Wildman–Crippen MR) is 145 cm³/mol. The Hall–Kier alpha value is -4.44. The van der Waals surface area contributed by atoms with Gasteiger partial charge in [0.05, 0.1) is 11.2 Å². The lowest BCUT2D eigenvalue weighted by atomic mass is 10.2. The molecule has 4 aromatic rings. The third-order valence-corrected chi connectivity index (χ3v) is 6.51. The molecule has 192 valence electrons. The van der Waals surface area contributed by atoms with Crippen molar-refractivity contribution in [2.24, 2.45) is 4.99 Å². The van der Waals surface area contributed by atoms with Crippen molar-refractivity contribution in [3.8, 4) is 23.0 Å². The van der Waals surface area contributed by atoms with Crippen LogP contribution in [0.3, 0.4) is 0 Å². The van der Waals surface area contributed by atoms with E-state index in [0.29, 0.717) is 41.4 Å². The Morgan fingerprint density at radius 3 is 2.63 bits per heavy atom. The van der Waals surface area contributed by atoms with E-state index in [0.717, 1.165) is 54.5 Å². The Bertz CT molecular complexity index is 1480. The SMILES string of the molecule is CC1(Oc2nc(NCc3ccc([NH2+]C=NC=N)cc3)nc3ccc(-c4ccc(OC5CC5)nc4)nc23)CC1. The van der Waals surface area contributed by atoms with E-state index in [9.17, 15) is 0 Å². The zero-order valence-corrected chi connectivity index (χ0v) is 21.1. The molecule has 2 saturated carbocycles. The number of quaternary nitrogens is 1. The number of benzene rings is 1. The minimum Gasteiger partial charge on any atom is -0.474 e. The fourth-order valence-corrected chi connectivity index (χ4v) is 3.87. The van der Waals surface area contributed by atoms with Crippen molar-refractivity contribution in [3.63, 3.8) is 0 Å². The van der Waals surface area contributed by atoms with Gasteiger partial charge in [0.1, 0.15) is 23.7 Å². The molecule has 2 aliphatic rings.